The smallest absolute Gasteiger partial charge is 0.0593 e. The molecule has 0 aromatic carbocycles. The average Bonchev–Trinajstić information content (AvgIpc) is 3.30. The van der Waals surface area contributed by atoms with Gasteiger partial charge in [0, 0.05) is 37.3 Å². The average molecular weight is 296 g/mol. The van der Waals surface area contributed by atoms with Crippen molar-refractivity contribution in [2.24, 2.45) is 11.8 Å². The van der Waals surface area contributed by atoms with Crippen molar-refractivity contribution in [3.63, 3.8) is 0 Å². The predicted molar refractivity (Wildman–Crippen MR) is 89.7 cm³/mol. The van der Waals surface area contributed by atoms with E-state index in [9.17, 15) is 0 Å². The maximum absolute atomic E-state index is 5.86. The van der Waals surface area contributed by atoms with Crippen molar-refractivity contribution in [2.45, 2.75) is 71.4 Å². The molecule has 1 saturated heterocycles. The molecule has 1 aliphatic heterocycles. The Morgan fingerprint density at radius 1 is 1.24 bits per heavy atom. The van der Waals surface area contributed by atoms with Crippen molar-refractivity contribution in [2.75, 3.05) is 32.8 Å². The first kappa shape index (κ1) is 17.2. The standard InChI is InChI=1S/C18H36N2O/c1-6-18(7-2)14-20(10-11-21-12-15(3)4)17(5,13-19-18)16-8-9-16/h15-16,19H,6-14H2,1-5H3. The molecule has 1 N–H and O–H groups in total. The molecule has 2 aliphatic rings. The number of ether oxygens (including phenoxy) is 1. The first-order valence-corrected chi connectivity index (χ1v) is 9.03. The van der Waals surface area contributed by atoms with Crippen molar-refractivity contribution in [3.8, 4) is 0 Å². The van der Waals surface area contributed by atoms with Crippen LogP contribution in [0.3, 0.4) is 0 Å². The van der Waals surface area contributed by atoms with Gasteiger partial charge in [0.1, 0.15) is 0 Å². The lowest BCUT2D eigenvalue weighted by Crippen LogP contribution is -2.70. The fourth-order valence-corrected chi connectivity index (χ4v) is 3.74. The maximum atomic E-state index is 5.86. The van der Waals surface area contributed by atoms with E-state index < -0.39 is 0 Å². The van der Waals surface area contributed by atoms with Gasteiger partial charge in [-0.15, -0.1) is 0 Å². The number of hydrogen-bond donors (Lipinski definition) is 1. The van der Waals surface area contributed by atoms with Gasteiger partial charge in [-0.3, -0.25) is 4.90 Å². The Hall–Kier alpha value is -0.120. The summed E-state index contributed by atoms with van der Waals surface area (Å²) in [6.45, 7) is 16.7. The van der Waals surface area contributed by atoms with Crippen LogP contribution in [-0.4, -0.2) is 48.8 Å². The minimum absolute atomic E-state index is 0.312. The molecule has 2 rings (SSSR count). The zero-order valence-corrected chi connectivity index (χ0v) is 14.9. The molecule has 2 fully saturated rings. The largest absolute Gasteiger partial charge is 0.380 e. The summed E-state index contributed by atoms with van der Waals surface area (Å²) in [5.74, 6) is 1.52. The van der Waals surface area contributed by atoms with Gasteiger partial charge in [-0.05, 0) is 44.4 Å². The molecule has 1 heterocycles. The summed E-state index contributed by atoms with van der Waals surface area (Å²) in [5.41, 5.74) is 0.654. The summed E-state index contributed by atoms with van der Waals surface area (Å²) in [5, 5.41) is 3.90. The zero-order valence-electron chi connectivity index (χ0n) is 14.9. The summed E-state index contributed by atoms with van der Waals surface area (Å²) in [6, 6.07) is 0. The van der Waals surface area contributed by atoms with Crippen LogP contribution in [0.4, 0.5) is 0 Å². The van der Waals surface area contributed by atoms with E-state index in [1.54, 1.807) is 0 Å². The second-order valence-electron chi connectivity index (χ2n) is 7.86. The van der Waals surface area contributed by atoms with E-state index in [0.717, 1.165) is 32.2 Å². The number of nitrogens with zero attached hydrogens (tertiary/aromatic N) is 1. The Labute approximate surface area is 131 Å². The first-order valence-electron chi connectivity index (χ1n) is 9.03. The highest BCUT2D eigenvalue weighted by Crippen LogP contribution is 2.45. The van der Waals surface area contributed by atoms with Crippen molar-refractivity contribution in [1.29, 1.82) is 0 Å². The van der Waals surface area contributed by atoms with Gasteiger partial charge in [-0.2, -0.15) is 0 Å². The summed E-state index contributed by atoms with van der Waals surface area (Å²) in [7, 11) is 0. The van der Waals surface area contributed by atoms with Gasteiger partial charge in [0.05, 0.1) is 6.61 Å². The minimum Gasteiger partial charge on any atom is -0.380 e. The molecule has 124 valence electrons. The molecule has 1 aliphatic carbocycles. The second-order valence-corrected chi connectivity index (χ2v) is 7.86. The quantitative estimate of drug-likeness (QED) is 0.696. The minimum atomic E-state index is 0.312. The van der Waals surface area contributed by atoms with E-state index in [2.05, 4.69) is 44.8 Å². The van der Waals surface area contributed by atoms with E-state index in [1.807, 2.05) is 0 Å². The van der Waals surface area contributed by atoms with Crippen LogP contribution in [0.1, 0.15) is 60.3 Å². The molecule has 3 heteroatoms. The molecule has 0 aromatic rings. The fourth-order valence-electron chi connectivity index (χ4n) is 3.74. The van der Waals surface area contributed by atoms with E-state index >= 15 is 0 Å². The fraction of sp³-hybridized carbons (Fsp3) is 1.00. The molecule has 0 aromatic heterocycles. The molecule has 1 saturated carbocycles. The Kier molecular flexibility index (Phi) is 5.72. The first-order chi connectivity index (χ1) is 9.96. The summed E-state index contributed by atoms with van der Waals surface area (Å²) >= 11 is 0. The van der Waals surface area contributed by atoms with Crippen LogP contribution in [0.15, 0.2) is 0 Å². The Morgan fingerprint density at radius 3 is 2.43 bits per heavy atom. The Balaban J connectivity index is 1.96. The molecule has 0 bridgehead atoms. The lowest BCUT2D eigenvalue weighted by atomic mass is 9.82. The van der Waals surface area contributed by atoms with Gasteiger partial charge in [-0.1, -0.05) is 27.7 Å². The van der Waals surface area contributed by atoms with E-state index in [-0.39, 0.29) is 0 Å². The monoisotopic (exact) mass is 296 g/mol. The van der Waals surface area contributed by atoms with Gasteiger partial charge in [-0.25, -0.2) is 0 Å². The lowest BCUT2D eigenvalue weighted by Gasteiger charge is -2.53. The molecule has 3 nitrogen and oxygen atoms in total. The van der Waals surface area contributed by atoms with Crippen LogP contribution in [-0.2, 0) is 4.74 Å². The summed E-state index contributed by atoms with van der Waals surface area (Å²) in [4.78, 5) is 2.74. The normalized spacial score (nSPS) is 30.0. The number of rotatable bonds is 8. The number of hydrogen-bond acceptors (Lipinski definition) is 3. The number of nitrogens with one attached hydrogen (secondary N) is 1. The maximum Gasteiger partial charge on any atom is 0.0593 e. The molecule has 0 radical (unpaired) electrons. The Bertz CT molecular complexity index is 323. The van der Waals surface area contributed by atoms with Gasteiger partial charge >= 0.3 is 0 Å². The molecular weight excluding hydrogens is 260 g/mol. The van der Waals surface area contributed by atoms with Crippen molar-refractivity contribution < 1.29 is 4.74 Å². The zero-order chi connectivity index (χ0) is 15.5. The van der Waals surface area contributed by atoms with Crippen LogP contribution in [0.5, 0.6) is 0 Å². The summed E-state index contributed by atoms with van der Waals surface area (Å²) < 4.78 is 5.86. The third kappa shape index (κ3) is 4.00. The van der Waals surface area contributed by atoms with E-state index in [1.165, 1.54) is 32.2 Å². The third-order valence-electron chi connectivity index (χ3n) is 5.80. The molecule has 1 unspecified atom stereocenters. The Morgan fingerprint density at radius 2 is 1.90 bits per heavy atom. The topological polar surface area (TPSA) is 24.5 Å². The van der Waals surface area contributed by atoms with Crippen LogP contribution in [0.2, 0.25) is 0 Å². The molecule has 1 atom stereocenters. The highest BCUT2D eigenvalue weighted by Gasteiger charge is 2.50. The van der Waals surface area contributed by atoms with E-state index in [0.29, 0.717) is 17.0 Å². The number of piperazine rings is 1. The van der Waals surface area contributed by atoms with Crippen LogP contribution in [0, 0.1) is 11.8 Å². The van der Waals surface area contributed by atoms with Gasteiger partial charge in [0.2, 0.25) is 0 Å². The lowest BCUT2D eigenvalue weighted by molar-refractivity contribution is -0.0233. The van der Waals surface area contributed by atoms with Crippen molar-refractivity contribution in [1.82, 2.24) is 10.2 Å². The molecule has 0 spiro atoms. The third-order valence-corrected chi connectivity index (χ3v) is 5.80. The van der Waals surface area contributed by atoms with Gasteiger partial charge in [0.25, 0.3) is 0 Å². The van der Waals surface area contributed by atoms with Crippen LogP contribution in [0.25, 0.3) is 0 Å². The molecular formula is C18H36N2O. The van der Waals surface area contributed by atoms with Gasteiger partial charge < -0.3 is 10.1 Å². The van der Waals surface area contributed by atoms with Gasteiger partial charge in [0.15, 0.2) is 0 Å². The molecule has 0 amide bonds. The molecule has 21 heavy (non-hydrogen) atoms. The second kappa shape index (κ2) is 6.97. The van der Waals surface area contributed by atoms with Crippen LogP contribution < -0.4 is 5.32 Å². The highest BCUT2D eigenvalue weighted by molar-refractivity contribution is 5.08. The van der Waals surface area contributed by atoms with Crippen LogP contribution >= 0.6 is 0 Å². The summed E-state index contributed by atoms with van der Waals surface area (Å²) in [6.07, 6.45) is 5.25. The van der Waals surface area contributed by atoms with Crippen molar-refractivity contribution in [3.05, 3.63) is 0 Å². The van der Waals surface area contributed by atoms with Crippen molar-refractivity contribution >= 4 is 0 Å². The van der Waals surface area contributed by atoms with E-state index in [4.69, 9.17) is 4.74 Å². The highest BCUT2D eigenvalue weighted by atomic mass is 16.5. The predicted octanol–water partition coefficient (Wildman–Crippen LogP) is 3.29. The SMILES string of the molecule is CCC1(CC)CN(CCOCC(C)C)C(C)(C2CC2)CN1.